The van der Waals surface area contributed by atoms with Crippen molar-refractivity contribution in [1.29, 1.82) is 0 Å². The van der Waals surface area contributed by atoms with Crippen molar-refractivity contribution < 1.29 is 9.53 Å². The summed E-state index contributed by atoms with van der Waals surface area (Å²) in [5.74, 6) is -0.123. The molecule has 0 aromatic carbocycles. The van der Waals surface area contributed by atoms with Crippen LogP contribution in [-0.4, -0.2) is 37.1 Å². The molecule has 0 aliphatic heterocycles. The molecule has 1 atom stereocenters. The number of carbonyl (C=O) groups is 1. The Kier molecular flexibility index (Phi) is 5.09. The maximum absolute atomic E-state index is 11.4. The molecule has 0 aromatic heterocycles. The molecule has 1 aliphatic rings. The maximum Gasteiger partial charge on any atom is 0.322 e. The quantitative estimate of drug-likeness (QED) is 0.531. The Labute approximate surface area is 92.8 Å². The SMILES string of the molecule is COC(=O)C(C)N(C)C1CCCCCC1. The molecule has 0 spiro atoms. The number of ether oxygens (including phenoxy) is 1. The summed E-state index contributed by atoms with van der Waals surface area (Å²) >= 11 is 0. The molecule has 88 valence electrons. The van der Waals surface area contributed by atoms with E-state index in [2.05, 4.69) is 4.90 Å². The molecule has 1 aliphatic carbocycles. The number of rotatable bonds is 3. The summed E-state index contributed by atoms with van der Waals surface area (Å²) < 4.78 is 4.77. The van der Waals surface area contributed by atoms with Gasteiger partial charge in [0.05, 0.1) is 7.11 Å². The van der Waals surface area contributed by atoms with Gasteiger partial charge in [-0.25, -0.2) is 0 Å². The molecular formula is C12H23NO2. The highest BCUT2D eigenvalue weighted by molar-refractivity contribution is 5.75. The highest BCUT2D eigenvalue weighted by atomic mass is 16.5. The summed E-state index contributed by atoms with van der Waals surface area (Å²) in [4.78, 5) is 13.6. The molecule has 0 bridgehead atoms. The van der Waals surface area contributed by atoms with E-state index >= 15 is 0 Å². The first-order chi connectivity index (χ1) is 7.16. The highest BCUT2D eigenvalue weighted by Crippen LogP contribution is 2.22. The molecule has 1 unspecified atom stereocenters. The largest absolute Gasteiger partial charge is 0.468 e. The van der Waals surface area contributed by atoms with Crippen molar-refractivity contribution in [3.63, 3.8) is 0 Å². The topological polar surface area (TPSA) is 29.5 Å². The molecule has 1 rings (SSSR count). The monoisotopic (exact) mass is 213 g/mol. The average molecular weight is 213 g/mol. The first-order valence-electron chi connectivity index (χ1n) is 5.96. The van der Waals surface area contributed by atoms with Crippen LogP contribution in [0.25, 0.3) is 0 Å². The van der Waals surface area contributed by atoms with Crippen LogP contribution in [0.4, 0.5) is 0 Å². The Bertz CT molecular complexity index is 198. The van der Waals surface area contributed by atoms with Gasteiger partial charge in [-0.15, -0.1) is 0 Å². The molecule has 1 saturated carbocycles. The van der Waals surface area contributed by atoms with Crippen LogP contribution in [-0.2, 0) is 9.53 Å². The minimum absolute atomic E-state index is 0.113. The number of carbonyl (C=O) groups excluding carboxylic acids is 1. The van der Waals surface area contributed by atoms with Gasteiger partial charge < -0.3 is 4.74 Å². The third-order valence-electron chi connectivity index (χ3n) is 3.55. The van der Waals surface area contributed by atoms with Gasteiger partial charge in [-0.2, -0.15) is 0 Å². The second kappa shape index (κ2) is 6.11. The van der Waals surface area contributed by atoms with Gasteiger partial charge in [0.25, 0.3) is 0 Å². The molecule has 0 heterocycles. The molecule has 0 radical (unpaired) electrons. The van der Waals surface area contributed by atoms with Crippen LogP contribution in [0.1, 0.15) is 45.4 Å². The number of nitrogens with zero attached hydrogens (tertiary/aromatic N) is 1. The molecule has 3 nitrogen and oxygen atoms in total. The molecule has 0 saturated heterocycles. The normalized spacial score (nSPS) is 21.1. The average Bonchev–Trinajstić information content (AvgIpc) is 2.54. The van der Waals surface area contributed by atoms with Gasteiger partial charge in [0.1, 0.15) is 6.04 Å². The molecule has 15 heavy (non-hydrogen) atoms. The van der Waals surface area contributed by atoms with E-state index < -0.39 is 0 Å². The predicted molar refractivity (Wildman–Crippen MR) is 60.7 cm³/mol. The second-order valence-corrected chi connectivity index (χ2v) is 4.51. The molecule has 3 heteroatoms. The van der Waals surface area contributed by atoms with Gasteiger partial charge in [-0.3, -0.25) is 9.69 Å². The molecule has 0 N–H and O–H groups in total. The molecular weight excluding hydrogens is 190 g/mol. The van der Waals surface area contributed by atoms with E-state index in [9.17, 15) is 4.79 Å². The molecule has 1 fully saturated rings. The fraction of sp³-hybridized carbons (Fsp3) is 0.917. The van der Waals surface area contributed by atoms with E-state index in [1.54, 1.807) is 0 Å². The van der Waals surface area contributed by atoms with Crippen LogP contribution >= 0.6 is 0 Å². The van der Waals surface area contributed by atoms with Crippen LogP contribution < -0.4 is 0 Å². The second-order valence-electron chi connectivity index (χ2n) is 4.51. The number of likely N-dealkylation sites (N-methyl/N-ethyl adjacent to an activating group) is 1. The maximum atomic E-state index is 11.4. The summed E-state index contributed by atoms with van der Waals surface area (Å²) in [5.41, 5.74) is 0. The lowest BCUT2D eigenvalue weighted by molar-refractivity contribution is -0.146. The summed E-state index contributed by atoms with van der Waals surface area (Å²) in [6.45, 7) is 1.93. The molecule has 0 amide bonds. The van der Waals surface area contributed by atoms with Crippen LogP contribution in [0.5, 0.6) is 0 Å². The zero-order valence-electron chi connectivity index (χ0n) is 10.2. The Morgan fingerprint density at radius 1 is 1.27 bits per heavy atom. The first kappa shape index (κ1) is 12.5. The fourth-order valence-corrected chi connectivity index (χ4v) is 2.32. The fourth-order valence-electron chi connectivity index (χ4n) is 2.32. The number of methoxy groups -OCH3 is 1. The van der Waals surface area contributed by atoms with Crippen molar-refractivity contribution in [2.24, 2.45) is 0 Å². The van der Waals surface area contributed by atoms with Crippen LogP contribution in [0.2, 0.25) is 0 Å². The summed E-state index contributed by atoms with van der Waals surface area (Å²) in [6.07, 6.45) is 7.72. The summed E-state index contributed by atoms with van der Waals surface area (Å²) in [6, 6.07) is 0.444. The van der Waals surface area contributed by atoms with E-state index in [1.165, 1.54) is 45.6 Å². The van der Waals surface area contributed by atoms with Crippen LogP contribution in [0.3, 0.4) is 0 Å². The van der Waals surface area contributed by atoms with E-state index in [0.29, 0.717) is 6.04 Å². The van der Waals surface area contributed by atoms with Gasteiger partial charge in [0.2, 0.25) is 0 Å². The Hall–Kier alpha value is -0.570. The van der Waals surface area contributed by atoms with Crippen molar-refractivity contribution in [3.05, 3.63) is 0 Å². The van der Waals surface area contributed by atoms with Crippen molar-refractivity contribution in [3.8, 4) is 0 Å². The minimum atomic E-state index is -0.123. The van der Waals surface area contributed by atoms with Crippen LogP contribution in [0.15, 0.2) is 0 Å². The minimum Gasteiger partial charge on any atom is -0.468 e. The smallest absolute Gasteiger partial charge is 0.322 e. The molecule has 0 aromatic rings. The standard InChI is InChI=1S/C12H23NO2/c1-10(12(14)15-3)13(2)11-8-6-4-5-7-9-11/h10-11H,4-9H2,1-3H3. The number of hydrogen-bond donors (Lipinski definition) is 0. The van der Waals surface area contributed by atoms with Crippen molar-refractivity contribution in [2.45, 2.75) is 57.5 Å². The van der Waals surface area contributed by atoms with Gasteiger partial charge in [-0.05, 0) is 26.8 Å². The number of esters is 1. The summed E-state index contributed by atoms with van der Waals surface area (Å²) in [7, 11) is 3.50. The Morgan fingerprint density at radius 2 is 1.80 bits per heavy atom. The van der Waals surface area contributed by atoms with Gasteiger partial charge in [-0.1, -0.05) is 25.7 Å². The Balaban J connectivity index is 2.49. The van der Waals surface area contributed by atoms with E-state index in [0.717, 1.165) is 0 Å². The highest BCUT2D eigenvalue weighted by Gasteiger charge is 2.25. The van der Waals surface area contributed by atoms with Crippen molar-refractivity contribution in [2.75, 3.05) is 14.2 Å². The number of hydrogen-bond acceptors (Lipinski definition) is 3. The summed E-state index contributed by atoms with van der Waals surface area (Å²) in [5, 5.41) is 0. The van der Waals surface area contributed by atoms with Gasteiger partial charge in [0.15, 0.2) is 0 Å². The lowest BCUT2D eigenvalue weighted by Gasteiger charge is -2.30. The van der Waals surface area contributed by atoms with E-state index in [4.69, 9.17) is 4.74 Å². The lowest BCUT2D eigenvalue weighted by atomic mass is 10.1. The van der Waals surface area contributed by atoms with Crippen molar-refractivity contribution >= 4 is 5.97 Å². The van der Waals surface area contributed by atoms with E-state index in [1.807, 2.05) is 14.0 Å². The zero-order chi connectivity index (χ0) is 11.3. The first-order valence-corrected chi connectivity index (χ1v) is 5.96. The van der Waals surface area contributed by atoms with Gasteiger partial charge in [0, 0.05) is 6.04 Å². The van der Waals surface area contributed by atoms with Crippen molar-refractivity contribution in [1.82, 2.24) is 4.90 Å². The lowest BCUT2D eigenvalue weighted by Crippen LogP contribution is -2.43. The van der Waals surface area contributed by atoms with Crippen LogP contribution in [0, 0.1) is 0 Å². The Morgan fingerprint density at radius 3 is 2.27 bits per heavy atom. The zero-order valence-corrected chi connectivity index (χ0v) is 10.2. The predicted octanol–water partition coefficient (Wildman–Crippen LogP) is 2.20. The van der Waals surface area contributed by atoms with E-state index in [-0.39, 0.29) is 12.0 Å². The third kappa shape index (κ3) is 3.49. The van der Waals surface area contributed by atoms with Gasteiger partial charge >= 0.3 is 5.97 Å². The third-order valence-corrected chi connectivity index (χ3v) is 3.55.